The number of aromatic hydroxyl groups is 2. The molecule has 0 saturated heterocycles. The molecular weight excluding hydrogens is 1290 g/mol. The van der Waals surface area contributed by atoms with Crippen LogP contribution in [0.5, 0.6) is 34.5 Å². The molecule has 0 aliphatic rings. The van der Waals surface area contributed by atoms with Crippen LogP contribution in [0.15, 0.2) is 119 Å². The molecule has 0 fully saturated rings. The normalized spacial score (nSPS) is 12.9. The number of unbranched alkanes of at least 4 members (excludes halogenated alkanes) is 4. The molecule has 94 heavy (non-hydrogen) atoms. The molecule has 522 valence electrons. The summed E-state index contributed by atoms with van der Waals surface area (Å²) in [5.41, 5.74) is 1.81. The first-order chi connectivity index (χ1) is 43.1. The second-order valence-electron chi connectivity index (χ2n) is 28.1. The molecule has 0 aliphatic heterocycles. The minimum Gasteiger partial charge on any atom is -0.507 e. The number of hydrogen-bond acceptors (Lipinski definition) is 14. The fraction of sp³-hybridized carbons (Fsp3) is 0.500. The molecular formula is C76H104Cu2N4O12. The van der Waals surface area contributed by atoms with E-state index >= 15 is 0 Å². The van der Waals surface area contributed by atoms with Crippen molar-refractivity contribution in [2.75, 3.05) is 26.4 Å². The van der Waals surface area contributed by atoms with Crippen molar-refractivity contribution in [3.05, 3.63) is 185 Å². The van der Waals surface area contributed by atoms with Crippen molar-refractivity contribution < 1.29 is 83.4 Å². The van der Waals surface area contributed by atoms with Gasteiger partial charge in [0.25, 0.3) is 11.4 Å². The van der Waals surface area contributed by atoms with E-state index in [1.54, 1.807) is 13.8 Å². The van der Waals surface area contributed by atoms with E-state index in [9.17, 15) is 40.7 Å². The van der Waals surface area contributed by atoms with Gasteiger partial charge >= 0.3 is 0 Å². The van der Waals surface area contributed by atoms with Gasteiger partial charge in [-0.15, -0.1) is 0 Å². The summed E-state index contributed by atoms with van der Waals surface area (Å²) in [5.74, 6) is 1.88. The minimum absolute atomic E-state index is 0. The maximum absolute atomic E-state index is 13.3. The third kappa shape index (κ3) is 21.1. The molecule has 6 rings (SSSR count). The van der Waals surface area contributed by atoms with E-state index in [1.807, 2.05) is 72.8 Å². The second kappa shape index (κ2) is 35.3. The van der Waals surface area contributed by atoms with E-state index in [-0.39, 0.29) is 89.8 Å². The van der Waals surface area contributed by atoms with Crippen molar-refractivity contribution in [2.45, 2.75) is 221 Å². The Morgan fingerprint density at radius 1 is 0.415 bits per heavy atom. The molecule has 0 saturated carbocycles. The summed E-state index contributed by atoms with van der Waals surface area (Å²) in [6, 6.07) is 29.7. The van der Waals surface area contributed by atoms with Crippen molar-refractivity contribution >= 4 is 23.8 Å². The molecule has 6 aromatic rings. The number of aliphatic hydroxyl groups is 2. The molecule has 0 unspecified atom stereocenters. The van der Waals surface area contributed by atoms with Crippen LogP contribution in [0, 0.1) is 20.2 Å². The van der Waals surface area contributed by atoms with Gasteiger partial charge in [-0.2, -0.15) is 0 Å². The van der Waals surface area contributed by atoms with Crippen LogP contribution < -0.4 is 18.9 Å². The Morgan fingerprint density at radius 3 is 0.851 bits per heavy atom. The summed E-state index contributed by atoms with van der Waals surface area (Å²) in [7, 11) is 0. The topological polar surface area (TPSA) is 229 Å². The number of non-ortho nitro benzene ring substituents is 2. The molecule has 2 radical (unpaired) electrons. The first-order valence-electron chi connectivity index (χ1n) is 32.6. The Morgan fingerprint density at radius 2 is 0.649 bits per heavy atom. The molecule has 4 N–H and O–H groups in total. The van der Waals surface area contributed by atoms with Crippen LogP contribution in [0.25, 0.3) is 0 Å². The minimum atomic E-state index is -1.77. The number of hydrogen-bond donors (Lipinski definition) is 4. The van der Waals surface area contributed by atoms with Gasteiger partial charge < -0.3 is 39.4 Å². The largest absolute Gasteiger partial charge is 0.507 e. The van der Waals surface area contributed by atoms with Gasteiger partial charge in [0.1, 0.15) is 45.7 Å². The summed E-state index contributed by atoms with van der Waals surface area (Å²) < 4.78 is 25.4. The quantitative estimate of drug-likeness (QED) is 0.0118. The number of rotatable bonds is 28. The van der Waals surface area contributed by atoms with Crippen LogP contribution >= 0.6 is 0 Å². The van der Waals surface area contributed by atoms with Gasteiger partial charge in [-0.25, -0.2) is 0 Å². The number of phenols is 2. The van der Waals surface area contributed by atoms with Gasteiger partial charge in [0.2, 0.25) is 0 Å². The molecule has 0 bridgehead atoms. The average molecular weight is 1390 g/mol. The Labute approximate surface area is 580 Å². The van der Waals surface area contributed by atoms with Gasteiger partial charge in [-0.05, 0) is 144 Å². The fourth-order valence-electron chi connectivity index (χ4n) is 10.3. The number of nitro groups is 2. The average Bonchev–Trinajstić information content (AvgIpc) is 0.749. The van der Waals surface area contributed by atoms with Gasteiger partial charge in [0, 0.05) is 104 Å². The first kappa shape index (κ1) is 81.5. The van der Waals surface area contributed by atoms with Crippen LogP contribution in [0.1, 0.15) is 232 Å². The number of aliphatic imine (C=N–C) groups is 2. The molecule has 6 aromatic carbocycles. The van der Waals surface area contributed by atoms with Gasteiger partial charge in [-0.3, -0.25) is 30.2 Å². The Kier molecular flexibility index (Phi) is 30.6. The molecule has 18 heteroatoms. The van der Waals surface area contributed by atoms with Crippen molar-refractivity contribution in [1.82, 2.24) is 0 Å². The molecule has 0 heterocycles. The fourth-order valence-corrected chi connectivity index (χ4v) is 10.3. The van der Waals surface area contributed by atoms with E-state index in [0.717, 1.165) is 73.6 Å². The molecule has 0 spiro atoms. The van der Waals surface area contributed by atoms with E-state index < -0.39 is 33.1 Å². The third-order valence-corrected chi connectivity index (χ3v) is 16.6. The zero-order chi connectivity index (χ0) is 68.6. The summed E-state index contributed by atoms with van der Waals surface area (Å²) >= 11 is 0. The van der Waals surface area contributed by atoms with Crippen molar-refractivity contribution in [3.8, 4) is 34.5 Å². The maximum Gasteiger partial charge on any atom is 0.270 e. The number of benzene rings is 6. The maximum atomic E-state index is 13.3. The standard InChI is InChI=1S/2C38H52N2O6.2Cu/c2*1-10-12-20-45-34-18-14-28(36(4,5)6)23-31(34)38(42,26(3)39-25-27-22-30(40(43)44)16-17-33(27)41)32-24-29(37(7,8)9)15-19-35(32)46-21-13-11-2;;/h2*14-19,22-26,41-42H,10-13,20-21H2,1-9H3;;/t2*26-;;/m00../s1. The first-order valence-corrected chi connectivity index (χ1v) is 32.6. The summed E-state index contributed by atoms with van der Waals surface area (Å²) in [5, 5.41) is 70.6. The van der Waals surface area contributed by atoms with E-state index in [1.165, 1.54) is 48.8 Å². The summed E-state index contributed by atoms with van der Waals surface area (Å²) in [6.45, 7) is 39.4. The monoisotopic (exact) mass is 1390 g/mol. The van der Waals surface area contributed by atoms with E-state index in [2.05, 4.69) is 111 Å². The van der Waals surface area contributed by atoms with Crippen molar-refractivity contribution in [2.24, 2.45) is 9.98 Å². The van der Waals surface area contributed by atoms with Crippen LogP contribution in [0.4, 0.5) is 11.4 Å². The van der Waals surface area contributed by atoms with Crippen molar-refractivity contribution in [1.29, 1.82) is 0 Å². The number of phenolic OH excluding ortho intramolecular Hbond substituents is 2. The molecule has 2 atom stereocenters. The number of nitrogens with zero attached hydrogens (tertiary/aromatic N) is 4. The number of ether oxygens (including phenoxy) is 4. The molecule has 0 aromatic heterocycles. The molecule has 0 amide bonds. The van der Waals surface area contributed by atoms with Crippen LogP contribution in [0.3, 0.4) is 0 Å². The summed E-state index contributed by atoms with van der Waals surface area (Å²) in [6.07, 6.45) is 9.99. The van der Waals surface area contributed by atoms with E-state index in [4.69, 9.17) is 28.9 Å². The molecule has 0 aliphatic carbocycles. The Balaban J connectivity index is 0.000000480. The predicted octanol–water partition coefficient (Wildman–Crippen LogP) is 18.0. The smallest absolute Gasteiger partial charge is 0.270 e. The molecule has 16 nitrogen and oxygen atoms in total. The van der Waals surface area contributed by atoms with Crippen molar-refractivity contribution in [3.63, 3.8) is 0 Å². The second-order valence-corrected chi connectivity index (χ2v) is 28.1. The van der Waals surface area contributed by atoms with E-state index in [0.29, 0.717) is 71.7 Å². The number of nitro benzene ring substituents is 2. The Hall–Kier alpha value is -6.78. The van der Waals surface area contributed by atoms with Gasteiger partial charge in [0.05, 0.1) is 48.4 Å². The summed E-state index contributed by atoms with van der Waals surface area (Å²) in [4.78, 5) is 31.4. The Bertz CT molecular complexity index is 3130. The third-order valence-electron chi connectivity index (χ3n) is 16.6. The SMILES string of the molecule is CCCCOc1ccc(C(C)(C)C)cc1C(O)(c1cc(C(C)(C)C)ccc1OCCCC)[C@H](C)N=Cc1cc([N+](=O)[O-])ccc1O.CCCCOc1ccc(C(C)(C)C)cc1C(O)(c1cc(C(C)(C)C)ccc1OCCCC)[C@H](C)N=Cc1cc([N+](=O)[O-])ccc1O.[Cu].[Cu]. The zero-order valence-corrected chi connectivity index (χ0v) is 60.5. The van der Waals surface area contributed by atoms with Crippen LogP contribution in [-0.2, 0) is 67.0 Å². The zero-order valence-electron chi connectivity index (χ0n) is 58.6. The van der Waals surface area contributed by atoms with Gasteiger partial charge in [0.15, 0.2) is 0 Å². The predicted molar refractivity (Wildman–Crippen MR) is 372 cm³/mol. The van der Waals surface area contributed by atoms with Gasteiger partial charge in [-0.1, -0.05) is 161 Å². The van der Waals surface area contributed by atoms with Crippen LogP contribution in [-0.4, -0.2) is 81.2 Å². The van der Waals surface area contributed by atoms with Crippen LogP contribution in [0.2, 0.25) is 0 Å².